The summed E-state index contributed by atoms with van der Waals surface area (Å²) >= 11 is 0. The zero-order valence-electron chi connectivity index (χ0n) is 14.2. The van der Waals surface area contributed by atoms with Crippen molar-refractivity contribution in [3.63, 3.8) is 0 Å². The summed E-state index contributed by atoms with van der Waals surface area (Å²) in [5, 5.41) is 9.18. The average molecular weight is 376 g/mol. The molecule has 0 bridgehead atoms. The van der Waals surface area contributed by atoms with Crippen LogP contribution in [0.25, 0.3) is 0 Å². The van der Waals surface area contributed by atoms with Crippen LogP contribution in [0.1, 0.15) is 15.9 Å². The van der Waals surface area contributed by atoms with E-state index in [-0.39, 0.29) is 16.2 Å². The standard InChI is InChI=1S/C17H20N4O4S/c1-26(23,24)15-10-12(16(22)21-17(19)20)4-7-14(15)25-13-5-2-11(3-6-13)8-9-18/h2-7,10H,8-9,18H2,1H3,(H4,19,20,21,22). The molecular formula is C17H20N4O4S. The summed E-state index contributed by atoms with van der Waals surface area (Å²) in [6.45, 7) is 0.530. The van der Waals surface area contributed by atoms with Crippen molar-refractivity contribution in [1.29, 1.82) is 5.41 Å². The molecule has 0 aliphatic heterocycles. The number of rotatable bonds is 6. The van der Waals surface area contributed by atoms with E-state index in [2.05, 4.69) is 5.32 Å². The fourth-order valence-electron chi connectivity index (χ4n) is 2.24. The Kier molecular flexibility index (Phi) is 5.96. The molecule has 0 spiro atoms. The minimum atomic E-state index is -3.66. The van der Waals surface area contributed by atoms with Gasteiger partial charge in [-0.3, -0.25) is 15.5 Å². The summed E-state index contributed by atoms with van der Waals surface area (Å²) in [6.07, 6.45) is 1.75. The van der Waals surface area contributed by atoms with Crippen LogP contribution in [-0.4, -0.2) is 33.1 Å². The van der Waals surface area contributed by atoms with Crippen molar-refractivity contribution >= 4 is 21.7 Å². The molecule has 26 heavy (non-hydrogen) atoms. The van der Waals surface area contributed by atoms with E-state index >= 15 is 0 Å². The highest BCUT2D eigenvalue weighted by molar-refractivity contribution is 7.90. The van der Waals surface area contributed by atoms with Gasteiger partial charge in [0.25, 0.3) is 5.91 Å². The molecule has 0 saturated heterocycles. The van der Waals surface area contributed by atoms with E-state index in [4.69, 9.17) is 21.6 Å². The molecule has 0 aromatic heterocycles. The lowest BCUT2D eigenvalue weighted by Crippen LogP contribution is -2.35. The van der Waals surface area contributed by atoms with Crippen LogP contribution in [0, 0.1) is 5.41 Å². The molecule has 2 aromatic carbocycles. The zero-order valence-corrected chi connectivity index (χ0v) is 15.0. The fraction of sp³-hybridized carbons (Fsp3) is 0.176. The lowest BCUT2D eigenvalue weighted by atomic mass is 10.1. The Hall–Kier alpha value is -2.91. The molecule has 2 rings (SSSR count). The maximum Gasteiger partial charge on any atom is 0.257 e. The summed E-state index contributed by atoms with van der Waals surface area (Å²) in [5.41, 5.74) is 11.7. The van der Waals surface area contributed by atoms with Gasteiger partial charge in [-0.15, -0.1) is 0 Å². The topological polar surface area (TPSA) is 148 Å². The van der Waals surface area contributed by atoms with Crippen molar-refractivity contribution in [2.45, 2.75) is 11.3 Å². The summed E-state index contributed by atoms with van der Waals surface area (Å²) in [6, 6.07) is 11.1. The highest BCUT2D eigenvalue weighted by Gasteiger charge is 2.19. The molecule has 0 saturated carbocycles. The summed E-state index contributed by atoms with van der Waals surface area (Å²) < 4.78 is 29.9. The van der Waals surface area contributed by atoms with Gasteiger partial charge in [0.15, 0.2) is 15.8 Å². The number of benzene rings is 2. The van der Waals surface area contributed by atoms with Crippen LogP contribution in [0.4, 0.5) is 0 Å². The van der Waals surface area contributed by atoms with Crippen molar-refractivity contribution in [3.8, 4) is 11.5 Å². The molecule has 2 aromatic rings. The van der Waals surface area contributed by atoms with Gasteiger partial charge in [0.2, 0.25) is 0 Å². The van der Waals surface area contributed by atoms with E-state index in [0.717, 1.165) is 18.2 Å². The van der Waals surface area contributed by atoms with Crippen LogP contribution < -0.4 is 21.5 Å². The molecule has 0 aliphatic rings. The Morgan fingerprint density at radius 2 is 1.85 bits per heavy atom. The molecule has 9 heteroatoms. The van der Waals surface area contributed by atoms with Crippen LogP contribution in [0.3, 0.4) is 0 Å². The Morgan fingerprint density at radius 3 is 2.38 bits per heavy atom. The highest BCUT2D eigenvalue weighted by atomic mass is 32.2. The first-order valence-electron chi connectivity index (χ1n) is 7.67. The molecule has 0 atom stereocenters. The number of nitrogens with two attached hydrogens (primary N) is 2. The maximum absolute atomic E-state index is 12.1. The number of sulfone groups is 1. The van der Waals surface area contributed by atoms with Gasteiger partial charge >= 0.3 is 0 Å². The lowest BCUT2D eigenvalue weighted by Gasteiger charge is -2.12. The van der Waals surface area contributed by atoms with Gasteiger partial charge < -0.3 is 16.2 Å². The second kappa shape index (κ2) is 7.98. The third-order valence-electron chi connectivity index (χ3n) is 3.44. The van der Waals surface area contributed by atoms with Crippen LogP contribution in [0.2, 0.25) is 0 Å². The predicted octanol–water partition coefficient (Wildman–Crippen LogP) is 1.01. The Morgan fingerprint density at radius 1 is 1.19 bits per heavy atom. The summed E-state index contributed by atoms with van der Waals surface area (Å²) in [7, 11) is -3.66. The van der Waals surface area contributed by atoms with Gasteiger partial charge in [0, 0.05) is 11.8 Å². The third kappa shape index (κ3) is 5.04. The van der Waals surface area contributed by atoms with Crippen LogP contribution in [-0.2, 0) is 16.3 Å². The molecule has 0 radical (unpaired) electrons. The van der Waals surface area contributed by atoms with Crippen molar-refractivity contribution in [3.05, 3.63) is 53.6 Å². The van der Waals surface area contributed by atoms with E-state index in [1.807, 2.05) is 12.1 Å². The summed E-state index contributed by atoms with van der Waals surface area (Å²) in [4.78, 5) is 11.8. The van der Waals surface area contributed by atoms with Crippen molar-refractivity contribution < 1.29 is 17.9 Å². The van der Waals surface area contributed by atoms with E-state index in [0.29, 0.717) is 12.3 Å². The zero-order chi connectivity index (χ0) is 19.3. The number of hydrogen-bond acceptors (Lipinski definition) is 6. The smallest absolute Gasteiger partial charge is 0.257 e. The average Bonchev–Trinajstić information content (AvgIpc) is 2.55. The number of nitrogens with one attached hydrogen (secondary N) is 2. The van der Waals surface area contributed by atoms with Gasteiger partial charge in [-0.25, -0.2) is 8.42 Å². The lowest BCUT2D eigenvalue weighted by molar-refractivity contribution is 0.0976. The van der Waals surface area contributed by atoms with Crippen molar-refractivity contribution in [1.82, 2.24) is 5.32 Å². The number of hydrogen-bond donors (Lipinski definition) is 4. The first-order valence-corrected chi connectivity index (χ1v) is 9.56. The number of amides is 1. The second-order valence-corrected chi connectivity index (χ2v) is 7.57. The number of carbonyl (C=O) groups is 1. The van der Waals surface area contributed by atoms with E-state index < -0.39 is 21.7 Å². The van der Waals surface area contributed by atoms with E-state index in [1.165, 1.54) is 18.2 Å². The largest absolute Gasteiger partial charge is 0.456 e. The Balaban J connectivity index is 2.35. The summed E-state index contributed by atoms with van der Waals surface area (Å²) in [5.74, 6) is -0.663. The van der Waals surface area contributed by atoms with Crippen LogP contribution in [0.15, 0.2) is 47.4 Å². The normalized spacial score (nSPS) is 11.0. The highest BCUT2D eigenvalue weighted by Crippen LogP contribution is 2.30. The molecule has 6 N–H and O–H groups in total. The van der Waals surface area contributed by atoms with Crippen molar-refractivity contribution in [2.75, 3.05) is 12.8 Å². The molecular weight excluding hydrogens is 356 g/mol. The van der Waals surface area contributed by atoms with Crippen LogP contribution in [0.5, 0.6) is 11.5 Å². The quantitative estimate of drug-likeness (QED) is 0.437. The third-order valence-corrected chi connectivity index (χ3v) is 4.56. The van der Waals surface area contributed by atoms with Crippen LogP contribution >= 0.6 is 0 Å². The van der Waals surface area contributed by atoms with Gasteiger partial charge in [0.1, 0.15) is 16.4 Å². The van der Waals surface area contributed by atoms with Gasteiger partial charge in [-0.05, 0) is 48.9 Å². The minimum Gasteiger partial charge on any atom is -0.456 e. The molecule has 0 unspecified atom stereocenters. The maximum atomic E-state index is 12.1. The monoisotopic (exact) mass is 376 g/mol. The molecule has 0 fully saturated rings. The van der Waals surface area contributed by atoms with E-state index in [1.54, 1.807) is 12.1 Å². The Bertz CT molecular complexity index is 924. The van der Waals surface area contributed by atoms with Gasteiger partial charge in [-0.2, -0.15) is 0 Å². The van der Waals surface area contributed by atoms with E-state index in [9.17, 15) is 13.2 Å². The number of carbonyl (C=O) groups excluding carboxylic acids is 1. The van der Waals surface area contributed by atoms with Gasteiger partial charge in [0.05, 0.1) is 0 Å². The first kappa shape index (κ1) is 19.4. The second-order valence-electron chi connectivity index (χ2n) is 5.59. The fourth-order valence-corrected chi connectivity index (χ4v) is 3.05. The number of ether oxygens (including phenoxy) is 1. The molecule has 1 amide bonds. The Labute approximate surface area is 151 Å². The molecule has 138 valence electrons. The van der Waals surface area contributed by atoms with Crippen molar-refractivity contribution in [2.24, 2.45) is 11.5 Å². The van der Waals surface area contributed by atoms with Gasteiger partial charge in [-0.1, -0.05) is 12.1 Å². The molecule has 8 nitrogen and oxygen atoms in total. The molecule has 0 aliphatic carbocycles. The first-order chi connectivity index (χ1) is 12.2. The predicted molar refractivity (Wildman–Crippen MR) is 98.2 cm³/mol. The number of guanidine groups is 1. The SMILES string of the molecule is CS(=O)(=O)c1cc(C(=O)NC(=N)N)ccc1Oc1ccc(CCN)cc1. The minimum absolute atomic E-state index is 0.0475. The molecule has 0 heterocycles.